The van der Waals surface area contributed by atoms with Gasteiger partial charge in [0.05, 0.1) is 5.92 Å². The van der Waals surface area contributed by atoms with Crippen LogP contribution in [0.2, 0.25) is 0 Å². The lowest BCUT2D eigenvalue weighted by Crippen LogP contribution is -2.39. The second-order valence-corrected chi connectivity index (χ2v) is 4.75. The topological polar surface area (TPSA) is 53.4 Å². The molecule has 1 saturated heterocycles. The molecular weight excluding hydrogens is 272 g/mol. The Morgan fingerprint density at radius 1 is 1.56 bits per heavy atom. The molecule has 1 aromatic rings. The molecule has 1 aliphatic rings. The smallest absolute Gasteiger partial charge is 0.308 e. The zero-order valence-corrected chi connectivity index (χ0v) is 10.4. The van der Waals surface area contributed by atoms with Crippen molar-refractivity contribution in [2.24, 2.45) is 5.92 Å². The molecule has 16 heavy (non-hydrogen) atoms. The largest absolute Gasteiger partial charge is 0.481 e. The van der Waals surface area contributed by atoms with E-state index in [2.05, 4.69) is 20.9 Å². The van der Waals surface area contributed by atoms with E-state index in [1.165, 1.54) is 0 Å². The average Bonchev–Trinajstić information content (AvgIpc) is 2.29. The number of hydrogen-bond acceptors (Lipinski definition) is 3. The minimum atomic E-state index is -0.709. The molecule has 0 aromatic carbocycles. The predicted molar refractivity (Wildman–Crippen MR) is 64.5 cm³/mol. The van der Waals surface area contributed by atoms with Crippen LogP contribution in [0.1, 0.15) is 12.8 Å². The zero-order chi connectivity index (χ0) is 11.5. The van der Waals surface area contributed by atoms with Gasteiger partial charge in [-0.15, -0.1) is 0 Å². The van der Waals surface area contributed by atoms with E-state index in [9.17, 15) is 4.79 Å². The van der Waals surface area contributed by atoms with Crippen LogP contribution < -0.4 is 4.90 Å². The van der Waals surface area contributed by atoms with Crippen LogP contribution in [-0.2, 0) is 4.79 Å². The number of carbonyl (C=O) groups is 1. The fourth-order valence-electron chi connectivity index (χ4n) is 1.96. The molecule has 0 spiro atoms. The maximum absolute atomic E-state index is 10.9. The molecule has 2 heterocycles. The van der Waals surface area contributed by atoms with E-state index in [4.69, 9.17) is 5.11 Å². The van der Waals surface area contributed by atoms with Gasteiger partial charge in [-0.2, -0.15) is 0 Å². The number of carboxylic acid groups (broad SMARTS) is 1. The lowest BCUT2D eigenvalue weighted by atomic mass is 9.98. The number of anilines is 1. The SMILES string of the molecule is O=C(O)C1CCCN(c2cccc(Br)n2)C1. The number of aromatic nitrogens is 1. The summed E-state index contributed by atoms with van der Waals surface area (Å²) in [5, 5.41) is 9.00. The first kappa shape index (κ1) is 11.4. The van der Waals surface area contributed by atoms with E-state index >= 15 is 0 Å². The van der Waals surface area contributed by atoms with Gasteiger partial charge < -0.3 is 10.0 Å². The van der Waals surface area contributed by atoms with Crippen LogP contribution in [0.25, 0.3) is 0 Å². The highest BCUT2D eigenvalue weighted by Crippen LogP contribution is 2.22. The molecular formula is C11H13BrN2O2. The van der Waals surface area contributed by atoms with Gasteiger partial charge in [0.25, 0.3) is 0 Å². The summed E-state index contributed by atoms with van der Waals surface area (Å²) >= 11 is 3.32. The van der Waals surface area contributed by atoms with Crippen LogP contribution in [-0.4, -0.2) is 29.1 Å². The van der Waals surface area contributed by atoms with E-state index < -0.39 is 5.97 Å². The van der Waals surface area contributed by atoms with Crippen molar-refractivity contribution in [3.63, 3.8) is 0 Å². The molecule has 2 rings (SSSR count). The molecule has 0 radical (unpaired) electrons. The summed E-state index contributed by atoms with van der Waals surface area (Å²) in [5.41, 5.74) is 0. The van der Waals surface area contributed by atoms with Crippen molar-refractivity contribution in [2.45, 2.75) is 12.8 Å². The van der Waals surface area contributed by atoms with Gasteiger partial charge >= 0.3 is 5.97 Å². The van der Waals surface area contributed by atoms with E-state index in [1.54, 1.807) is 0 Å². The zero-order valence-electron chi connectivity index (χ0n) is 8.77. The Morgan fingerprint density at radius 2 is 2.38 bits per heavy atom. The molecule has 0 aliphatic carbocycles. The Hall–Kier alpha value is -1.10. The summed E-state index contributed by atoms with van der Waals surface area (Å²) in [6.07, 6.45) is 1.67. The number of pyridine rings is 1. The molecule has 5 heteroatoms. The van der Waals surface area contributed by atoms with Crippen LogP contribution in [0.5, 0.6) is 0 Å². The van der Waals surface area contributed by atoms with E-state index in [0.29, 0.717) is 6.54 Å². The fourth-order valence-corrected chi connectivity index (χ4v) is 2.29. The Morgan fingerprint density at radius 3 is 3.06 bits per heavy atom. The number of hydrogen-bond donors (Lipinski definition) is 1. The Bertz CT molecular complexity index is 397. The van der Waals surface area contributed by atoms with Gasteiger partial charge in [-0.05, 0) is 40.9 Å². The third-order valence-corrected chi connectivity index (χ3v) is 3.24. The minimum Gasteiger partial charge on any atom is -0.481 e. The Labute approximate surface area is 102 Å². The summed E-state index contributed by atoms with van der Waals surface area (Å²) in [7, 11) is 0. The van der Waals surface area contributed by atoms with E-state index in [1.807, 2.05) is 23.1 Å². The molecule has 1 N–H and O–H groups in total. The average molecular weight is 285 g/mol. The van der Waals surface area contributed by atoms with Crippen molar-refractivity contribution in [2.75, 3.05) is 18.0 Å². The van der Waals surface area contributed by atoms with Crippen molar-refractivity contribution >= 4 is 27.7 Å². The summed E-state index contributed by atoms with van der Waals surface area (Å²) < 4.78 is 0.780. The molecule has 1 unspecified atom stereocenters. The highest BCUT2D eigenvalue weighted by Gasteiger charge is 2.25. The normalized spacial score (nSPS) is 20.8. The first-order valence-corrected chi connectivity index (χ1v) is 6.06. The highest BCUT2D eigenvalue weighted by atomic mass is 79.9. The molecule has 0 amide bonds. The summed E-state index contributed by atoms with van der Waals surface area (Å²) in [6, 6.07) is 5.69. The maximum Gasteiger partial charge on any atom is 0.308 e. The lowest BCUT2D eigenvalue weighted by molar-refractivity contribution is -0.141. The van der Waals surface area contributed by atoms with Crippen molar-refractivity contribution in [3.8, 4) is 0 Å². The van der Waals surface area contributed by atoms with Crippen LogP contribution in [0.15, 0.2) is 22.8 Å². The maximum atomic E-state index is 10.9. The predicted octanol–water partition coefficient (Wildman–Crippen LogP) is 2.15. The summed E-state index contributed by atoms with van der Waals surface area (Å²) in [5.74, 6) is -0.130. The standard InChI is InChI=1S/C11H13BrN2O2/c12-9-4-1-5-10(13-9)14-6-2-3-8(7-14)11(15)16/h1,4-5,8H,2-3,6-7H2,(H,15,16). The first-order chi connectivity index (χ1) is 7.66. The molecule has 1 aromatic heterocycles. The van der Waals surface area contributed by atoms with Crippen LogP contribution in [0.3, 0.4) is 0 Å². The first-order valence-electron chi connectivity index (χ1n) is 5.27. The van der Waals surface area contributed by atoms with E-state index in [0.717, 1.165) is 29.8 Å². The van der Waals surface area contributed by atoms with Gasteiger partial charge in [-0.25, -0.2) is 4.98 Å². The van der Waals surface area contributed by atoms with Crippen molar-refractivity contribution in [3.05, 3.63) is 22.8 Å². The lowest BCUT2D eigenvalue weighted by Gasteiger charge is -2.31. The number of aliphatic carboxylic acids is 1. The Kier molecular flexibility index (Phi) is 3.43. The van der Waals surface area contributed by atoms with E-state index in [-0.39, 0.29) is 5.92 Å². The van der Waals surface area contributed by atoms with Crippen molar-refractivity contribution < 1.29 is 9.90 Å². The van der Waals surface area contributed by atoms with Gasteiger partial charge in [-0.3, -0.25) is 4.79 Å². The van der Waals surface area contributed by atoms with Gasteiger partial charge in [0.1, 0.15) is 10.4 Å². The third kappa shape index (κ3) is 2.52. The fraction of sp³-hybridized carbons (Fsp3) is 0.455. The van der Waals surface area contributed by atoms with Crippen molar-refractivity contribution in [1.29, 1.82) is 0 Å². The second kappa shape index (κ2) is 4.82. The van der Waals surface area contributed by atoms with Crippen LogP contribution in [0, 0.1) is 5.92 Å². The number of carboxylic acids is 1. The van der Waals surface area contributed by atoms with Crippen LogP contribution >= 0.6 is 15.9 Å². The summed E-state index contributed by atoms with van der Waals surface area (Å²) in [6.45, 7) is 1.44. The number of rotatable bonds is 2. The molecule has 0 saturated carbocycles. The summed E-state index contributed by atoms with van der Waals surface area (Å²) in [4.78, 5) is 17.3. The molecule has 1 aliphatic heterocycles. The van der Waals surface area contributed by atoms with Gasteiger partial charge in [0.15, 0.2) is 0 Å². The monoisotopic (exact) mass is 284 g/mol. The molecule has 86 valence electrons. The van der Waals surface area contributed by atoms with Gasteiger partial charge in [0, 0.05) is 13.1 Å². The molecule has 1 atom stereocenters. The highest BCUT2D eigenvalue weighted by molar-refractivity contribution is 9.10. The molecule has 1 fully saturated rings. The number of nitrogens with zero attached hydrogens (tertiary/aromatic N) is 2. The second-order valence-electron chi connectivity index (χ2n) is 3.94. The minimum absolute atomic E-state index is 0.269. The number of halogens is 1. The number of piperidine rings is 1. The van der Waals surface area contributed by atoms with Gasteiger partial charge in [-0.1, -0.05) is 6.07 Å². The van der Waals surface area contributed by atoms with Crippen molar-refractivity contribution in [1.82, 2.24) is 4.98 Å². The van der Waals surface area contributed by atoms with Gasteiger partial charge in [0.2, 0.25) is 0 Å². The molecule has 0 bridgehead atoms. The quantitative estimate of drug-likeness (QED) is 0.846. The molecule has 4 nitrogen and oxygen atoms in total. The Balaban J connectivity index is 2.12. The third-order valence-electron chi connectivity index (χ3n) is 2.80. The van der Waals surface area contributed by atoms with Crippen LogP contribution in [0.4, 0.5) is 5.82 Å².